The first-order valence-corrected chi connectivity index (χ1v) is 6.84. The highest BCUT2D eigenvalue weighted by molar-refractivity contribution is 6.17. The molecule has 1 atom stereocenters. The Morgan fingerprint density at radius 2 is 2.06 bits per heavy atom. The summed E-state index contributed by atoms with van der Waals surface area (Å²) in [6.07, 6.45) is 4.93. The molecule has 0 spiro atoms. The number of halogens is 1. The molecule has 0 N–H and O–H groups in total. The summed E-state index contributed by atoms with van der Waals surface area (Å²) in [5, 5.41) is 0. The molecule has 0 saturated carbocycles. The van der Waals surface area contributed by atoms with Crippen LogP contribution in [0.1, 0.15) is 35.6 Å². The van der Waals surface area contributed by atoms with Crippen LogP contribution in [0.25, 0.3) is 0 Å². The van der Waals surface area contributed by atoms with Crippen LogP contribution in [-0.4, -0.2) is 23.9 Å². The van der Waals surface area contributed by atoms with Gasteiger partial charge in [-0.25, -0.2) is 0 Å². The lowest BCUT2D eigenvalue weighted by Crippen LogP contribution is -2.35. The van der Waals surface area contributed by atoms with Crippen LogP contribution < -0.4 is 0 Å². The van der Waals surface area contributed by atoms with Gasteiger partial charge in [0.2, 0.25) is 0 Å². The van der Waals surface area contributed by atoms with Gasteiger partial charge in [0.15, 0.2) is 0 Å². The first-order valence-electron chi connectivity index (χ1n) is 6.31. The second kappa shape index (κ2) is 4.38. The highest BCUT2D eigenvalue weighted by Gasteiger charge is 2.32. The topological polar surface area (TPSA) is 3.24 Å². The number of nitrogens with zero attached hydrogens (tertiary/aromatic N) is 1. The van der Waals surface area contributed by atoms with Gasteiger partial charge in [0.05, 0.1) is 0 Å². The summed E-state index contributed by atoms with van der Waals surface area (Å²) < 4.78 is 0. The maximum atomic E-state index is 5.80. The smallest absolute Gasteiger partial charge is 0.0356 e. The van der Waals surface area contributed by atoms with Crippen molar-refractivity contribution in [3.05, 3.63) is 34.9 Å². The molecule has 0 aromatic heterocycles. The minimum Gasteiger partial charge on any atom is -0.296 e. The third-order valence-corrected chi connectivity index (χ3v) is 4.26. The summed E-state index contributed by atoms with van der Waals surface area (Å²) in [7, 11) is 0. The number of alkyl halides is 1. The van der Waals surface area contributed by atoms with Gasteiger partial charge in [-0.05, 0) is 48.9 Å². The van der Waals surface area contributed by atoms with Gasteiger partial charge in [-0.15, -0.1) is 11.6 Å². The first kappa shape index (κ1) is 10.6. The number of aryl methyl sites for hydroxylation is 1. The van der Waals surface area contributed by atoms with Crippen molar-refractivity contribution < 1.29 is 0 Å². The van der Waals surface area contributed by atoms with E-state index < -0.39 is 0 Å². The Kier molecular flexibility index (Phi) is 2.91. The van der Waals surface area contributed by atoms with Crippen LogP contribution in [0.3, 0.4) is 0 Å². The quantitative estimate of drug-likeness (QED) is 0.728. The van der Waals surface area contributed by atoms with Crippen molar-refractivity contribution in [3.63, 3.8) is 0 Å². The van der Waals surface area contributed by atoms with E-state index in [1.165, 1.54) is 32.4 Å². The number of hydrogen-bond donors (Lipinski definition) is 0. The molecule has 16 heavy (non-hydrogen) atoms. The lowest BCUT2D eigenvalue weighted by atomic mass is 9.93. The van der Waals surface area contributed by atoms with E-state index in [9.17, 15) is 0 Å². The van der Waals surface area contributed by atoms with E-state index in [1.54, 1.807) is 16.7 Å². The summed E-state index contributed by atoms with van der Waals surface area (Å²) >= 11 is 5.80. The van der Waals surface area contributed by atoms with Gasteiger partial charge < -0.3 is 0 Å². The molecule has 1 nitrogen and oxygen atoms in total. The average Bonchev–Trinajstić information content (AvgIpc) is 2.75. The zero-order valence-electron chi connectivity index (χ0n) is 9.58. The highest BCUT2D eigenvalue weighted by Crippen LogP contribution is 2.40. The van der Waals surface area contributed by atoms with E-state index in [0.29, 0.717) is 6.04 Å². The van der Waals surface area contributed by atoms with Crippen molar-refractivity contribution in [2.45, 2.75) is 31.7 Å². The summed E-state index contributed by atoms with van der Waals surface area (Å²) in [5.74, 6) is 0.789. The van der Waals surface area contributed by atoms with Gasteiger partial charge >= 0.3 is 0 Å². The summed E-state index contributed by atoms with van der Waals surface area (Å²) in [4.78, 5) is 2.64. The van der Waals surface area contributed by atoms with Crippen LogP contribution >= 0.6 is 11.6 Å². The van der Waals surface area contributed by atoms with Crippen molar-refractivity contribution in [2.75, 3.05) is 19.0 Å². The Balaban J connectivity index is 1.88. The first-order chi connectivity index (χ1) is 7.90. The second-order valence-corrected chi connectivity index (χ2v) is 5.25. The number of benzene rings is 1. The molecule has 2 aliphatic rings. The summed E-state index contributed by atoms with van der Waals surface area (Å²) in [5.41, 5.74) is 4.85. The fourth-order valence-electron chi connectivity index (χ4n) is 3.28. The predicted octanol–water partition coefficient (Wildman–Crippen LogP) is 3.16. The van der Waals surface area contributed by atoms with Gasteiger partial charge in [0.25, 0.3) is 0 Å². The molecule has 2 heteroatoms. The van der Waals surface area contributed by atoms with Crippen molar-refractivity contribution >= 4 is 11.6 Å². The summed E-state index contributed by atoms with van der Waals surface area (Å²) in [6.45, 7) is 2.39. The largest absolute Gasteiger partial charge is 0.296 e. The minimum absolute atomic E-state index is 0.697. The van der Waals surface area contributed by atoms with Gasteiger partial charge in [-0.3, -0.25) is 4.90 Å². The Hall–Kier alpha value is -0.530. The van der Waals surface area contributed by atoms with E-state index in [0.717, 1.165) is 12.3 Å². The molecule has 1 aliphatic carbocycles. The van der Waals surface area contributed by atoms with Crippen LogP contribution in [0, 0.1) is 0 Å². The molecule has 1 aliphatic heterocycles. The SMILES string of the molecule is ClCCCN1CCc2cccc3c2C1CC3. The lowest BCUT2D eigenvalue weighted by molar-refractivity contribution is 0.186. The van der Waals surface area contributed by atoms with E-state index in [-0.39, 0.29) is 0 Å². The fourth-order valence-corrected chi connectivity index (χ4v) is 3.40. The third-order valence-electron chi connectivity index (χ3n) is 4.00. The van der Waals surface area contributed by atoms with Gasteiger partial charge in [0.1, 0.15) is 0 Å². The molecule has 1 aromatic rings. The lowest BCUT2D eigenvalue weighted by Gasteiger charge is -2.35. The summed E-state index contributed by atoms with van der Waals surface area (Å²) in [6, 6.07) is 7.55. The van der Waals surface area contributed by atoms with Gasteiger partial charge in [0, 0.05) is 18.5 Å². The zero-order valence-corrected chi connectivity index (χ0v) is 10.3. The maximum Gasteiger partial charge on any atom is 0.0356 e. The van der Waals surface area contributed by atoms with Crippen LogP contribution in [0.4, 0.5) is 0 Å². The molecule has 0 fully saturated rings. The molecule has 1 heterocycles. The van der Waals surface area contributed by atoms with Crippen molar-refractivity contribution in [2.24, 2.45) is 0 Å². The molecule has 3 rings (SSSR count). The van der Waals surface area contributed by atoms with Gasteiger partial charge in [-0.1, -0.05) is 18.2 Å². The molecule has 0 radical (unpaired) electrons. The van der Waals surface area contributed by atoms with Crippen LogP contribution in [0.15, 0.2) is 18.2 Å². The Morgan fingerprint density at radius 3 is 2.88 bits per heavy atom. The molecular weight excluding hydrogens is 218 g/mol. The average molecular weight is 236 g/mol. The third kappa shape index (κ3) is 1.66. The fraction of sp³-hybridized carbons (Fsp3) is 0.571. The second-order valence-electron chi connectivity index (χ2n) is 4.87. The van der Waals surface area contributed by atoms with Crippen LogP contribution in [0.5, 0.6) is 0 Å². The molecular formula is C14H18ClN. The highest BCUT2D eigenvalue weighted by atomic mass is 35.5. The predicted molar refractivity (Wildman–Crippen MR) is 68.1 cm³/mol. The number of hydrogen-bond acceptors (Lipinski definition) is 1. The standard InChI is InChI=1S/C14H18ClN/c15-8-2-9-16-10-7-12-4-1-3-11-5-6-13(16)14(11)12/h1,3-4,13H,2,5-10H2. The van der Waals surface area contributed by atoms with Gasteiger partial charge in [-0.2, -0.15) is 0 Å². The normalized spacial score (nSPS) is 23.4. The zero-order chi connectivity index (χ0) is 11.0. The molecule has 1 aromatic carbocycles. The Bertz CT molecular complexity index is 388. The maximum absolute atomic E-state index is 5.80. The number of rotatable bonds is 3. The Labute approximate surface area is 102 Å². The van der Waals surface area contributed by atoms with Crippen molar-refractivity contribution in [3.8, 4) is 0 Å². The monoisotopic (exact) mass is 235 g/mol. The molecule has 0 amide bonds. The Morgan fingerprint density at radius 1 is 1.25 bits per heavy atom. The molecule has 0 saturated heterocycles. The van der Waals surface area contributed by atoms with Crippen molar-refractivity contribution in [1.29, 1.82) is 0 Å². The van der Waals surface area contributed by atoms with E-state index >= 15 is 0 Å². The van der Waals surface area contributed by atoms with E-state index in [2.05, 4.69) is 23.1 Å². The van der Waals surface area contributed by atoms with Crippen molar-refractivity contribution in [1.82, 2.24) is 4.90 Å². The van der Waals surface area contributed by atoms with Crippen LogP contribution in [-0.2, 0) is 12.8 Å². The van der Waals surface area contributed by atoms with Crippen LogP contribution in [0.2, 0.25) is 0 Å². The minimum atomic E-state index is 0.697. The van der Waals surface area contributed by atoms with E-state index in [1.807, 2.05) is 0 Å². The molecule has 1 unspecified atom stereocenters. The molecule has 86 valence electrons. The molecule has 0 bridgehead atoms. The van der Waals surface area contributed by atoms with E-state index in [4.69, 9.17) is 11.6 Å².